The first-order valence-electron chi connectivity index (χ1n) is 8.04. The van der Waals surface area contributed by atoms with Crippen LogP contribution in [0.2, 0.25) is 0 Å². The molecule has 0 radical (unpaired) electrons. The highest BCUT2D eigenvalue weighted by Crippen LogP contribution is 2.36. The SMILES string of the molecule is Cc1ccc2c(c1)c1cc(C)cc(F)c1n2-c1cc(F)c(C)cc1F. The lowest BCUT2D eigenvalue weighted by Gasteiger charge is -2.11. The molecule has 4 aromatic rings. The number of fused-ring (bicyclic) bond motifs is 3. The first-order chi connectivity index (χ1) is 11.9. The molecule has 126 valence electrons. The molecule has 0 N–H and O–H groups in total. The monoisotopic (exact) mass is 339 g/mol. The molecule has 4 rings (SSSR count). The quantitative estimate of drug-likeness (QED) is 0.393. The third kappa shape index (κ3) is 2.32. The Labute approximate surface area is 143 Å². The van der Waals surface area contributed by atoms with Crippen molar-refractivity contribution in [3.8, 4) is 5.69 Å². The Balaban J connectivity index is 2.25. The second-order valence-corrected chi connectivity index (χ2v) is 6.55. The normalized spacial score (nSPS) is 11.6. The van der Waals surface area contributed by atoms with E-state index in [0.717, 1.165) is 28.6 Å². The summed E-state index contributed by atoms with van der Waals surface area (Å²) in [5, 5.41) is 1.51. The van der Waals surface area contributed by atoms with Crippen LogP contribution >= 0.6 is 0 Å². The van der Waals surface area contributed by atoms with Gasteiger partial charge in [0.2, 0.25) is 0 Å². The van der Waals surface area contributed by atoms with Gasteiger partial charge in [-0.25, -0.2) is 13.2 Å². The number of benzene rings is 3. The molecule has 1 nitrogen and oxygen atoms in total. The molecular formula is C21H16F3N. The molecule has 1 aromatic heterocycles. The van der Waals surface area contributed by atoms with Gasteiger partial charge in [-0.3, -0.25) is 0 Å². The third-order valence-electron chi connectivity index (χ3n) is 4.58. The van der Waals surface area contributed by atoms with Crippen LogP contribution in [-0.2, 0) is 0 Å². The lowest BCUT2D eigenvalue weighted by molar-refractivity contribution is 0.586. The Morgan fingerprint density at radius 1 is 0.680 bits per heavy atom. The van der Waals surface area contributed by atoms with E-state index in [1.807, 2.05) is 38.1 Å². The molecule has 0 amide bonds. The number of hydrogen-bond donors (Lipinski definition) is 0. The van der Waals surface area contributed by atoms with Crippen molar-refractivity contribution in [3.05, 3.63) is 76.6 Å². The van der Waals surface area contributed by atoms with Gasteiger partial charge in [0.25, 0.3) is 0 Å². The van der Waals surface area contributed by atoms with Crippen LogP contribution in [-0.4, -0.2) is 4.57 Å². The summed E-state index contributed by atoms with van der Waals surface area (Å²) in [4.78, 5) is 0. The maximum Gasteiger partial charge on any atom is 0.148 e. The Morgan fingerprint density at radius 3 is 2.16 bits per heavy atom. The third-order valence-corrected chi connectivity index (χ3v) is 4.58. The first-order valence-corrected chi connectivity index (χ1v) is 8.04. The number of hydrogen-bond acceptors (Lipinski definition) is 0. The van der Waals surface area contributed by atoms with Crippen molar-refractivity contribution < 1.29 is 13.2 Å². The molecule has 4 heteroatoms. The molecule has 0 bridgehead atoms. The highest BCUT2D eigenvalue weighted by Gasteiger charge is 2.19. The molecule has 0 aliphatic heterocycles. The largest absolute Gasteiger partial charge is 0.304 e. The Hall–Kier alpha value is -2.75. The fraction of sp³-hybridized carbons (Fsp3) is 0.143. The van der Waals surface area contributed by atoms with Gasteiger partial charge in [-0.2, -0.15) is 0 Å². The second-order valence-electron chi connectivity index (χ2n) is 6.55. The molecule has 0 saturated heterocycles. The predicted octanol–water partition coefficient (Wildman–Crippen LogP) is 6.13. The van der Waals surface area contributed by atoms with Gasteiger partial charge in [-0.05, 0) is 62.2 Å². The summed E-state index contributed by atoms with van der Waals surface area (Å²) in [7, 11) is 0. The van der Waals surface area contributed by atoms with Gasteiger partial charge in [0.1, 0.15) is 17.5 Å². The Morgan fingerprint density at radius 2 is 1.40 bits per heavy atom. The van der Waals surface area contributed by atoms with E-state index in [-0.39, 0.29) is 16.8 Å². The van der Waals surface area contributed by atoms with Crippen LogP contribution in [0.25, 0.3) is 27.5 Å². The highest BCUT2D eigenvalue weighted by molar-refractivity contribution is 6.09. The maximum absolute atomic E-state index is 14.8. The molecule has 0 fully saturated rings. The minimum Gasteiger partial charge on any atom is -0.304 e. The Kier molecular flexibility index (Phi) is 3.39. The summed E-state index contributed by atoms with van der Waals surface area (Å²) in [5.74, 6) is -1.56. The van der Waals surface area contributed by atoms with E-state index < -0.39 is 17.5 Å². The zero-order chi connectivity index (χ0) is 17.9. The zero-order valence-electron chi connectivity index (χ0n) is 14.1. The minimum atomic E-state index is -0.585. The van der Waals surface area contributed by atoms with Crippen LogP contribution < -0.4 is 0 Å². The predicted molar refractivity (Wildman–Crippen MR) is 94.9 cm³/mol. The summed E-state index contributed by atoms with van der Waals surface area (Å²) < 4.78 is 45.0. The fourth-order valence-electron chi connectivity index (χ4n) is 3.41. The van der Waals surface area contributed by atoms with Crippen molar-refractivity contribution >= 4 is 21.8 Å². The molecule has 0 atom stereocenters. The van der Waals surface area contributed by atoms with Gasteiger partial charge in [0.15, 0.2) is 0 Å². The van der Waals surface area contributed by atoms with Crippen molar-refractivity contribution in [1.82, 2.24) is 4.57 Å². The molecule has 0 aliphatic carbocycles. The second kappa shape index (κ2) is 5.38. The van der Waals surface area contributed by atoms with Crippen molar-refractivity contribution in [2.75, 3.05) is 0 Å². The average Bonchev–Trinajstić information content (AvgIpc) is 2.85. The summed E-state index contributed by atoms with van der Waals surface area (Å²) in [6.07, 6.45) is 0. The minimum absolute atomic E-state index is 0.00899. The van der Waals surface area contributed by atoms with Gasteiger partial charge >= 0.3 is 0 Å². The van der Waals surface area contributed by atoms with Gasteiger partial charge in [0.05, 0.1) is 16.7 Å². The van der Waals surface area contributed by atoms with Crippen molar-refractivity contribution in [2.24, 2.45) is 0 Å². The van der Waals surface area contributed by atoms with E-state index in [1.165, 1.54) is 17.6 Å². The first kappa shape index (κ1) is 15.8. The van der Waals surface area contributed by atoms with Gasteiger partial charge in [-0.15, -0.1) is 0 Å². The molecular weight excluding hydrogens is 323 g/mol. The van der Waals surface area contributed by atoms with E-state index in [0.29, 0.717) is 10.9 Å². The number of rotatable bonds is 1. The highest BCUT2D eigenvalue weighted by atomic mass is 19.1. The van der Waals surface area contributed by atoms with E-state index in [1.54, 1.807) is 0 Å². The van der Waals surface area contributed by atoms with E-state index in [2.05, 4.69) is 0 Å². The zero-order valence-corrected chi connectivity index (χ0v) is 14.1. The van der Waals surface area contributed by atoms with Gasteiger partial charge < -0.3 is 4.57 Å². The van der Waals surface area contributed by atoms with Crippen LogP contribution in [0.4, 0.5) is 13.2 Å². The summed E-state index contributed by atoms with van der Waals surface area (Å²) in [6.45, 7) is 5.26. The number of aryl methyl sites for hydroxylation is 3. The van der Waals surface area contributed by atoms with Crippen LogP contribution in [0, 0.1) is 38.2 Å². The summed E-state index contributed by atoms with van der Waals surface area (Å²) in [6, 6.07) is 11.2. The number of nitrogens with zero attached hydrogens (tertiary/aromatic N) is 1. The van der Waals surface area contributed by atoms with E-state index in [9.17, 15) is 13.2 Å². The van der Waals surface area contributed by atoms with Gasteiger partial charge in [-0.1, -0.05) is 11.6 Å². The smallest absolute Gasteiger partial charge is 0.148 e. The molecule has 0 spiro atoms. The van der Waals surface area contributed by atoms with Gasteiger partial charge in [0, 0.05) is 16.8 Å². The molecule has 0 saturated carbocycles. The Bertz CT molecular complexity index is 1160. The molecule has 0 unspecified atom stereocenters. The number of halogens is 3. The topological polar surface area (TPSA) is 4.93 Å². The van der Waals surface area contributed by atoms with Crippen LogP contribution in [0.1, 0.15) is 16.7 Å². The summed E-state index contributed by atoms with van der Waals surface area (Å²) in [5.41, 5.74) is 2.93. The summed E-state index contributed by atoms with van der Waals surface area (Å²) >= 11 is 0. The molecule has 0 aliphatic rings. The standard InChI is InChI=1S/C21H16F3N/c1-11-4-5-19-14(6-11)15-7-12(2)8-18(24)21(15)25(19)20-10-16(22)13(3)9-17(20)23/h4-10H,1-3H3. The molecule has 3 aromatic carbocycles. The van der Waals surface area contributed by atoms with Crippen molar-refractivity contribution in [1.29, 1.82) is 0 Å². The van der Waals surface area contributed by atoms with Crippen LogP contribution in [0.5, 0.6) is 0 Å². The fourth-order valence-corrected chi connectivity index (χ4v) is 3.41. The number of aromatic nitrogens is 1. The van der Waals surface area contributed by atoms with Crippen LogP contribution in [0.15, 0.2) is 42.5 Å². The molecule has 1 heterocycles. The maximum atomic E-state index is 14.8. The van der Waals surface area contributed by atoms with Crippen molar-refractivity contribution in [3.63, 3.8) is 0 Å². The molecule has 25 heavy (non-hydrogen) atoms. The average molecular weight is 339 g/mol. The lowest BCUT2D eigenvalue weighted by Crippen LogP contribution is -2.01. The van der Waals surface area contributed by atoms with Crippen molar-refractivity contribution in [2.45, 2.75) is 20.8 Å². The lowest BCUT2D eigenvalue weighted by atomic mass is 10.1. The van der Waals surface area contributed by atoms with E-state index >= 15 is 0 Å². The van der Waals surface area contributed by atoms with Crippen LogP contribution in [0.3, 0.4) is 0 Å². The van der Waals surface area contributed by atoms with E-state index in [4.69, 9.17) is 0 Å².